The number of azo groups is 1. The van der Waals surface area contributed by atoms with Crippen molar-refractivity contribution in [3.05, 3.63) is 90.5 Å². The van der Waals surface area contributed by atoms with Gasteiger partial charge in [-0.25, -0.2) is 0 Å². The van der Waals surface area contributed by atoms with Crippen LogP contribution in [0, 0.1) is 0 Å². The van der Waals surface area contributed by atoms with Gasteiger partial charge in [-0.2, -0.15) is 13.5 Å². The number of rotatable bonds is 5. The van der Waals surface area contributed by atoms with E-state index in [2.05, 4.69) is 15.5 Å². The van der Waals surface area contributed by atoms with Crippen LogP contribution in [0.25, 0.3) is 10.8 Å². The maximum absolute atomic E-state index is 12.4. The van der Waals surface area contributed by atoms with Crippen molar-refractivity contribution in [3.63, 3.8) is 0 Å². The Morgan fingerprint density at radius 2 is 1.48 bits per heavy atom. The minimum absolute atomic E-state index is 0. The molecule has 0 unspecified atom stereocenters. The Balaban J connectivity index is 0.00000306. The first kappa shape index (κ1) is 24.6. The summed E-state index contributed by atoms with van der Waals surface area (Å²) in [6.07, 6.45) is 0. The largest absolute Gasteiger partial charge is 1.00 e. The fourth-order valence-corrected chi connectivity index (χ4v) is 3.78. The molecule has 160 valence electrons. The number of nitrogens with zero attached hydrogens (tertiary/aromatic N) is 2. The van der Waals surface area contributed by atoms with Gasteiger partial charge in [0, 0.05) is 16.6 Å². The van der Waals surface area contributed by atoms with Gasteiger partial charge in [-0.05, 0) is 53.9 Å². The number of fused-ring (bicyclic) bond motifs is 1. The van der Waals surface area contributed by atoms with Crippen molar-refractivity contribution in [1.29, 1.82) is 0 Å². The van der Waals surface area contributed by atoms with Gasteiger partial charge in [0.25, 0.3) is 16.0 Å². The monoisotopic (exact) mass is 470 g/mol. The van der Waals surface area contributed by atoms with Crippen molar-refractivity contribution in [1.82, 2.24) is 0 Å². The average molecular weight is 470 g/mol. The number of hydrogen-bond donors (Lipinski definition) is 3. The maximum atomic E-state index is 12.4. The Hall–Kier alpha value is -3.08. The first-order valence-electron chi connectivity index (χ1n) is 9.43. The van der Waals surface area contributed by atoms with Crippen molar-refractivity contribution < 1.29 is 52.4 Å². The van der Waals surface area contributed by atoms with E-state index in [1.54, 1.807) is 66.7 Å². The van der Waals surface area contributed by atoms with E-state index in [9.17, 15) is 22.9 Å². The summed E-state index contributed by atoms with van der Waals surface area (Å²) in [5, 5.41) is 21.8. The van der Waals surface area contributed by atoms with Crippen LogP contribution in [0.2, 0.25) is 0 Å². The third kappa shape index (κ3) is 5.65. The van der Waals surface area contributed by atoms with Crippen LogP contribution in [0.1, 0.15) is 10.4 Å². The number of phenolic OH excluding ortho intramolecular Hbond substituents is 1. The number of nitrogens with one attached hydrogen (secondary N) is 1. The molecule has 0 saturated heterocycles. The summed E-state index contributed by atoms with van der Waals surface area (Å²) < 4.78 is 33.7. The molecule has 0 aromatic heterocycles. The Morgan fingerprint density at radius 1 is 0.848 bits per heavy atom. The zero-order valence-electron chi connectivity index (χ0n) is 17.5. The third-order valence-electron chi connectivity index (χ3n) is 4.64. The SMILES string of the molecule is O=C(Nc1ccc2c(O)c(N=Nc3ccccc3)c(S(=O)(=O)O)cc2c1)c1ccccc1.[Na+]. The second-order valence-corrected chi connectivity index (χ2v) is 8.23. The van der Waals surface area contributed by atoms with Gasteiger partial charge >= 0.3 is 29.6 Å². The summed E-state index contributed by atoms with van der Waals surface area (Å²) in [5.41, 5.74) is 0.883. The maximum Gasteiger partial charge on any atom is 1.00 e. The summed E-state index contributed by atoms with van der Waals surface area (Å²) in [4.78, 5) is 11.8. The predicted molar refractivity (Wildman–Crippen MR) is 120 cm³/mol. The fourth-order valence-electron chi connectivity index (χ4n) is 3.12. The van der Waals surface area contributed by atoms with Gasteiger partial charge in [-0.1, -0.05) is 36.4 Å². The summed E-state index contributed by atoms with van der Waals surface area (Å²) in [6, 6.07) is 22.8. The molecule has 33 heavy (non-hydrogen) atoms. The zero-order valence-corrected chi connectivity index (χ0v) is 20.3. The minimum Gasteiger partial charge on any atom is -0.505 e. The van der Waals surface area contributed by atoms with E-state index in [1.807, 2.05) is 0 Å². The molecule has 1 amide bonds. The van der Waals surface area contributed by atoms with Crippen LogP contribution in [-0.4, -0.2) is 24.0 Å². The molecule has 0 atom stereocenters. The van der Waals surface area contributed by atoms with Gasteiger partial charge in [0.05, 0.1) is 5.69 Å². The van der Waals surface area contributed by atoms with Crippen LogP contribution in [0.5, 0.6) is 5.75 Å². The standard InChI is InChI=1S/C23H17N3O5S.Na/c27-22-19-12-11-18(24-23(28)15-7-3-1-4-8-15)13-16(19)14-20(32(29,30)31)21(22)26-25-17-9-5-2-6-10-17;/h1-14,27H,(H,24,28)(H,29,30,31);/q;+1. The molecule has 0 radical (unpaired) electrons. The molecular formula is C23H17N3NaO5S+. The molecule has 0 heterocycles. The van der Waals surface area contributed by atoms with E-state index >= 15 is 0 Å². The van der Waals surface area contributed by atoms with Crippen molar-refractivity contribution in [2.75, 3.05) is 5.32 Å². The van der Waals surface area contributed by atoms with Crippen LogP contribution >= 0.6 is 0 Å². The number of carbonyl (C=O) groups excluding carboxylic acids is 1. The molecule has 0 aliphatic carbocycles. The molecule has 0 spiro atoms. The van der Waals surface area contributed by atoms with Crippen LogP contribution in [-0.2, 0) is 10.1 Å². The smallest absolute Gasteiger partial charge is 0.505 e. The molecule has 0 bridgehead atoms. The second-order valence-electron chi connectivity index (χ2n) is 6.84. The summed E-state index contributed by atoms with van der Waals surface area (Å²) >= 11 is 0. The van der Waals surface area contributed by atoms with Gasteiger partial charge in [-0.15, -0.1) is 5.11 Å². The number of hydrogen-bond acceptors (Lipinski definition) is 6. The van der Waals surface area contributed by atoms with E-state index in [1.165, 1.54) is 18.2 Å². The molecular weight excluding hydrogens is 453 g/mol. The van der Waals surface area contributed by atoms with Crippen LogP contribution in [0.4, 0.5) is 17.1 Å². The Kier molecular flexibility index (Phi) is 7.62. The Labute approximate surface area is 212 Å². The topological polar surface area (TPSA) is 128 Å². The van der Waals surface area contributed by atoms with Crippen molar-refractivity contribution in [2.24, 2.45) is 10.2 Å². The number of aromatic hydroxyl groups is 1. The van der Waals surface area contributed by atoms with Gasteiger partial charge in [0.1, 0.15) is 10.6 Å². The average Bonchev–Trinajstić information content (AvgIpc) is 2.79. The van der Waals surface area contributed by atoms with Crippen LogP contribution in [0.3, 0.4) is 0 Å². The number of phenols is 1. The normalized spacial score (nSPS) is 11.3. The quantitative estimate of drug-likeness (QED) is 0.235. The van der Waals surface area contributed by atoms with E-state index in [0.29, 0.717) is 16.9 Å². The fraction of sp³-hybridized carbons (Fsp3) is 0. The Morgan fingerprint density at radius 3 is 2.12 bits per heavy atom. The number of carbonyl (C=O) groups is 1. The number of benzene rings is 4. The second kappa shape index (κ2) is 10.2. The molecule has 0 fully saturated rings. The molecule has 4 aromatic rings. The van der Waals surface area contributed by atoms with Crippen molar-refractivity contribution in [3.8, 4) is 5.75 Å². The third-order valence-corrected chi connectivity index (χ3v) is 5.51. The molecule has 3 N–H and O–H groups in total. The van der Waals surface area contributed by atoms with Gasteiger partial charge < -0.3 is 10.4 Å². The van der Waals surface area contributed by atoms with E-state index < -0.39 is 20.8 Å². The molecule has 8 nitrogen and oxygen atoms in total. The zero-order chi connectivity index (χ0) is 22.7. The number of amides is 1. The van der Waals surface area contributed by atoms with Crippen molar-refractivity contribution >= 4 is 43.9 Å². The van der Waals surface area contributed by atoms with Gasteiger partial charge in [-0.3, -0.25) is 9.35 Å². The van der Waals surface area contributed by atoms with Crippen LogP contribution in [0.15, 0.2) is 100 Å². The molecule has 0 aliphatic rings. The van der Waals surface area contributed by atoms with E-state index in [0.717, 1.165) is 0 Å². The van der Waals surface area contributed by atoms with E-state index in [-0.39, 0.29) is 51.9 Å². The molecule has 0 saturated carbocycles. The summed E-state index contributed by atoms with van der Waals surface area (Å²) in [5.74, 6) is -0.812. The van der Waals surface area contributed by atoms with Crippen LogP contribution < -0.4 is 34.9 Å². The Bertz CT molecular complexity index is 1440. The summed E-state index contributed by atoms with van der Waals surface area (Å²) in [6.45, 7) is 0. The van der Waals surface area contributed by atoms with E-state index in [4.69, 9.17) is 0 Å². The molecule has 4 rings (SSSR count). The molecule has 10 heteroatoms. The number of anilines is 1. The van der Waals surface area contributed by atoms with Gasteiger partial charge in [0.15, 0.2) is 5.75 Å². The molecule has 0 aliphatic heterocycles. The minimum atomic E-state index is -4.73. The molecule has 4 aromatic carbocycles. The summed E-state index contributed by atoms with van der Waals surface area (Å²) in [7, 11) is -4.73. The van der Waals surface area contributed by atoms with Crippen molar-refractivity contribution in [2.45, 2.75) is 4.90 Å². The predicted octanol–water partition coefficient (Wildman–Crippen LogP) is 2.46. The first-order chi connectivity index (χ1) is 15.3. The van der Waals surface area contributed by atoms with Gasteiger partial charge in [0.2, 0.25) is 0 Å². The first-order valence-corrected chi connectivity index (χ1v) is 10.9.